The number of nitrogens with one attached hydrogen (secondary N) is 1. The minimum absolute atomic E-state index is 0.432. The first kappa shape index (κ1) is 17.8. The Morgan fingerprint density at radius 1 is 0.926 bits per heavy atom. The second-order valence-electron chi connectivity index (χ2n) is 6.23. The number of para-hydroxylation sites is 1. The number of methoxy groups -OCH3 is 1. The van der Waals surface area contributed by atoms with Crippen molar-refractivity contribution in [2.45, 2.75) is 5.78 Å². The predicted molar refractivity (Wildman–Crippen MR) is 114 cm³/mol. The zero-order valence-corrected chi connectivity index (χ0v) is 16.5. The fourth-order valence-corrected chi connectivity index (χ4v) is 7.06. The molecule has 136 valence electrons. The molecular formula is C21H19N2O2PS. The van der Waals surface area contributed by atoms with Gasteiger partial charge in [-0.1, -0.05) is 48.5 Å². The van der Waals surface area contributed by atoms with Gasteiger partial charge in [0.1, 0.15) is 11.5 Å². The monoisotopic (exact) mass is 394 g/mol. The summed E-state index contributed by atoms with van der Waals surface area (Å²) in [6.45, 7) is 0. The number of ether oxygens (including phenoxy) is 1. The largest absolute Gasteiger partial charge is 0.497 e. The number of anilines is 1. The van der Waals surface area contributed by atoms with E-state index >= 15 is 0 Å². The molecule has 1 N–H and O–H groups in total. The number of hydrogen-bond donors (Lipinski definition) is 1. The quantitative estimate of drug-likeness (QED) is 0.514. The summed E-state index contributed by atoms with van der Waals surface area (Å²) in [5.74, 6) is 0.326. The van der Waals surface area contributed by atoms with Gasteiger partial charge in [0, 0.05) is 5.30 Å². The second kappa shape index (κ2) is 7.18. The molecule has 3 aromatic rings. The number of benzene rings is 3. The van der Waals surface area contributed by atoms with Crippen LogP contribution in [0.15, 0.2) is 84.9 Å². The molecule has 0 spiro atoms. The lowest BCUT2D eigenvalue weighted by molar-refractivity contribution is 0.414. The maximum absolute atomic E-state index is 14.6. The van der Waals surface area contributed by atoms with Crippen LogP contribution in [0, 0.1) is 0 Å². The molecule has 1 heterocycles. The molecule has 0 amide bonds. The van der Waals surface area contributed by atoms with E-state index in [9.17, 15) is 4.57 Å². The summed E-state index contributed by atoms with van der Waals surface area (Å²) in [5, 5.41) is 4.53. The molecule has 3 aromatic carbocycles. The zero-order valence-electron chi connectivity index (χ0n) is 14.8. The first-order valence-corrected chi connectivity index (χ1v) is 10.7. The van der Waals surface area contributed by atoms with Crippen LogP contribution < -0.4 is 20.0 Å². The lowest BCUT2D eigenvalue weighted by atomic mass is 10.2. The van der Waals surface area contributed by atoms with Crippen LogP contribution in [0.5, 0.6) is 5.75 Å². The van der Waals surface area contributed by atoms with Crippen LogP contribution >= 0.6 is 19.5 Å². The summed E-state index contributed by atoms with van der Waals surface area (Å²) in [6.07, 6.45) is 0. The highest BCUT2D eigenvalue weighted by Gasteiger charge is 2.49. The van der Waals surface area contributed by atoms with Crippen molar-refractivity contribution in [1.82, 2.24) is 5.32 Å². The highest BCUT2D eigenvalue weighted by atomic mass is 32.1. The lowest BCUT2D eigenvalue weighted by Crippen LogP contribution is -2.27. The third-order valence-corrected chi connectivity index (χ3v) is 8.28. The second-order valence-corrected chi connectivity index (χ2v) is 9.30. The topological polar surface area (TPSA) is 41.6 Å². The van der Waals surface area contributed by atoms with Crippen molar-refractivity contribution in [2.24, 2.45) is 0 Å². The van der Waals surface area contributed by atoms with Crippen LogP contribution in [0.2, 0.25) is 0 Å². The van der Waals surface area contributed by atoms with Crippen molar-refractivity contribution in [3.8, 4) is 5.75 Å². The van der Waals surface area contributed by atoms with Gasteiger partial charge < -0.3 is 10.1 Å². The normalized spacial score (nSPS) is 21.7. The number of rotatable bonds is 4. The molecule has 0 aliphatic carbocycles. The van der Waals surface area contributed by atoms with Crippen molar-refractivity contribution in [3.63, 3.8) is 0 Å². The molecule has 0 saturated carbocycles. The lowest BCUT2D eigenvalue weighted by Gasteiger charge is -2.28. The highest BCUT2D eigenvalue weighted by Crippen LogP contribution is 2.64. The molecule has 1 aliphatic rings. The van der Waals surface area contributed by atoms with Gasteiger partial charge >= 0.3 is 0 Å². The van der Waals surface area contributed by atoms with Crippen molar-refractivity contribution in [1.29, 1.82) is 0 Å². The molecule has 1 fully saturated rings. The van der Waals surface area contributed by atoms with Crippen LogP contribution in [0.4, 0.5) is 5.69 Å². The van der Waals surface area contributed by atoms with E-state index in [4.69, 9.17) is 17.0 Å². The van der Waals surface area contributed by atoms with E-state index in [0.29, 0.717) is 5.11 Å². The average molecular weight is 394 g/mol. The molecule has 1 saturated heterocycles. The van der Waals surface area contributed by atoms with Gasteiger partial charge in [-0.15, -0.1) is 0 Å². The fraction of sp³-hybridized carbons (Fsp3) is 0.0952. The molecule has 6 heteroatoms. The SMILES string of the molecule is COc1ccc([C@@H]2NC(=S)N(c3ccccc3)[P@@]2(=O)c2ccccc2)cc1. The molecule has 27 heavy (non-hydrogen) atoms. The van der Waals surface area contributed by atoms with E-state index in [1.165, 1.54) is 0 Å². The Morgan fingerprint density at radius 2 is 1.52 bits per heavy atom. The van der Waals surface area contributed by atoms with E-state index in [2.05, 4.69) is 5.32 Å². The smallest absolute Gasteiger partial charge is 0.232 e. The summed E-state index contributed by atoms with van der Waals surface area (Å²) < 4.78 is 21.6. The van der Waals surface area contributed by atoms with Crippen molar-refractivity contribution < 1.29 is 9.30 Å². The first-order valence-electron chi connectivity index (χ1n) is 8.60. The van der Waals surface area contributed by atoms with Crippen LogP contribution in [-0.2, 0) is 4.57 Å². The number of thiocarbonyl (C=S) groups is 1. The Hall–Kier alpha value is -2.62. The summed E-state index contributed by atoms with van der Waals surface area (Å²) in [7, 11) is -1.50. The van der Waals surface area contributed by atoms with Crippen molar-refractivity contribution in [2.75, 3.05) is 11.8 Å². The molecule has 0 radical (unpaired) electrons. The highest BCUT2D eigenvalue weighted by molar-refractivity contribution is 7.84. The molecule has 0 unspecified atom stereocenters. The third-order valence-electron chi connectivity index (χ3n) is 4.66. The van der Waals surface area contributed by atoms with Gasteiger partial charge in [0.25, 0.3) is 0 Å². The first-order chi connectivity index (χ1) is 13.1. The minimum Gasteiger partial charge on any atom is -0.497 e. The maximum Gasteiger partial charge on any atom is 0.232 e. The predicted octanol–water partition coefficient (Wildman–Crippen LogP) is 4.69. The van der Waals surface area contributed by atoms with E-state index in [1.54, 1.807) is 11.8 Å². The van der Waals surface area contributed by atoms with E-state index in [0.717, 1.165) is 22.3 Å². The Balaban J connectivity index is 1.88. The van der Waals surface area contributed by atoms with Gasteiger partial charge in [-0.05, 0) is 54.2 Å². The van der Waals surface area contributed by atoms with Gasteiger partial charge in [-0.25, -0.2) is 0 Å². The van der Waals surface area contributed by atoms with Gasteiger partial charge in [-0.3, -0.25) is 9.24 Å². The fourth-order valence-electron chi connectivity index (χ4n) is 3.35. The summed E-state index contributed by atoms with van der Waals surface area (Å²) in [6, 6.07) is 26.8. The molecular weight excluding hydrogens is 375 g/mol. The van der Waals surface area contributed by atoms with E-state index in [1.807, 2.05) is 84.9 Å². The third kappa shape index (κ3) is 3.03. The molecule has 0 bridgehead atoms. The Labute approximate surface area is 164 Å². The van der Waals surface area contributed by atoms with E-state index in [-0.39, 0.29) is 0 Å². The average Bonchev–Trinajstić information content (AvgIpc) is 3.01. The molecule has 0 aromatic heterocycles. The maximum atomic E-state index is 14.6. The van der Waals surface area contributed by atoms with Crippen LogP contribution in [0.1, 0.15) is 11.3 Å². The van der Waals surface area contributed by atoms with Crippen LogP contribution in [0.25, 0.3) is 0 Å². The van der Waals surface area contributed by atoms with Gasteiger partial charge in [0.05, 0.1) is 12.8 Å². The van der Waals surface area contributed by atoms with Gasteiger partial charge in [-0.2, -0.15) is 0 Å². The van der Waals surface area contributed by atoms with Gasteiger partial charge in [0.2, 0.25) is 7.29 Å². The number of nitrogens with zero attached hydrogens (tertiary/aromatic N) is 1. The molecule has 1 aliphatic heterocycles. The zero-order chi connectivity index (χ0) is 18.9. The van der Waals surface area contributed by atoms with Crippen LogP contribution in [0.3, 0.4) is 0 Å². The van der Waals surface area contributed by atoms with Crippen molar-refractivity contribution >= 4 is 35.6 Å². The summed E-state index contributed by atoms with van der Waals surface area (Å²) in [4.78, 5) is 0. The standard InChI is InChI=1S/C21H19N2O2PS/c1-25-18-14-12-16(13-15-18)20-22-21(27)23(17-8-4-2-5-9-17)26(20,24)19-10-6-3-7-11-19/h2-15,20H,1H3,(H,22,27)/t20-,26-/m1/s1. The van der Waals surface area contributed by atoms with E-state index < -0.39 is 13.1 Å². The Kier molecular flexibility index (Phi) is 4.73. The van der Waals surface area contributed by atoms with Crippen molar-refractivity contribution in [3.05, 3.63) is 90.5 Å². The Morgan fingerprint density at radius 3 is 2.11 bits per heavy atom. The molecule has 4 rings (SSSR count). The molecule has 2 atom stereocenters. The summed E-state index contributed by atoms with van der Waals surface area (Å²) >= 11 is 5.61. The minimum atomic E-state index is -3.13. The van der Waals surface area contributed by atoms with Crippen LogP contribution in [-0.4, -0.2) is 12.2 Å². The molecule has 4 nitrogen and oxygen atoms in total. The van der Waals surface area contributed by atoms with Gasteiger partial charge in [0.15, 0.2) is 5.11 Å². The Bertz CT molecular complexity index is 994. The summed E-state index contributed by atoms with van der Waals surface area (Å²) in [5.41, 5.74) is 1.72. The number of hydrogen-bond acceptors (Lipinski definition) is 3.